The standard InChI is InChI=1S/C23H34N2O4S/c1-22(2)20-13-16-7-10-18(30(24,27)28)14-19(16)23(22,3)11-12-25(20)21(26)15-5-8-17(29-4)9-6-15/h7,10,14-15,17,20H,5-6,8-9,11-13H2,1-4H3,(H2,24,27,28)/t15?,17?,20-,23-/m0/s1. The lowest BCUT2D eigenvalue weighted by molar-refractivity contribution is -0.150. The zero-order valence-corrected chi connectivity index (χ0v) is 19.3. The first-order valence-corrected chi connectivity index (χ1v) is 12.5. The van der Waals surface area contributed by atoms with Gasteiger partial charge >= 0.3 is 0 Å². The molecule has 0 unspecified atom stereocenters. The Hall–Kier alpha value is -1.44. The highest BCUT2D eigenvalue weighted by molar-refractivity contribution is 7.89. The first kappa shape index (κ1) is 21.8. The maximum atomic E-state index is 13.5. The molecule has 0 aromatic heterocycles. The summed E-state index contributed by atoms with van der Waals surface area (Å²) in [6, 6.07) is 5.38. The summed E-state index contributed by atoms with van der Waals surface area (Å²) in [6.07, 6.45) is 5.54. The molecule has 1 amide bonds. The van der Waals surface area contributed by atoms with Gasteiger partial charge in [-0.25, -0.2) is 13.6 Å². The Morgan fingerprint density at radius 3 is 2.43 bits per heavy atom. The number of hydrogen-bond donors (Lipinski definition) is 1. The summed E-state index contributed by atoms with van der Waals surface area (Å²) in [5, 5.41) is 5.40. The van der Waals surface area contributed by atoms with Crippen LogP contribution in [-0.4, -0.2) is 45.0 Å². The van der Waals surface area contributed by atoms with E-state index in [1.165, 1.54) is 0 Å². The molecular weight excluding hydrogens is 400 g/mol. The third-order valence-electron chi connectivity index (χ3n) is 8.54. The summed E-state index contributed by atoms with van der Waals surface area (Å²) in [5.74, 6) is 0.372. The largest absolute Gasteiger partial charge is 0.381 e. The van der Waals surface area contributed by atoms with Crippen LogP contribution in [0.4, 0.5) is 0 Å². The first-order valence-electron chi connectivity index (χ1n) is 11.0. The number of hydrogen-bond acceptors (Lipinski definition) is 4. The van der Waals surface area contributed by atoms with Crippen LogP contribution in [0.3, 0.4) is 0 Å². The second-order valence-corrected chi connectivity index (χ2v) is 11.7. The Labute approximate surface area is 180 Å². The van der Waals surface area contributed by atoms with Crippen LogP contribution in [0.15, 0.2) is 23.1 Å². The normalized spacial score (nSPS) is 33.1. The van der Waals surface area contributed by atoms with Crippen molar-refractivity contribution in [2.24, 2.45) is 16.5 Å². The summed E-state index contributed by atoms with van der Waals surface area (Å²) in [7, 11) is -2.00. The molecule has 2 bridgehead atoms. The fraction of sp³-hybridized carbons (Fsp3) is 0.696. The molecule has 1 heterocycles. The van der Waals surface area contributed by atoms with Gasteiger partial charge < -0.3 is 9.64 Å². The third kappa shape index (κ3) is 3.30. The highest BCUT2D eigenvalue weighted by atomic mass is 32.2. The number of primary sulfonamides is 1. The van der Waals surface area contributed by atoms with E-state index in [1.54, 1.807) is 19.2 Å². The lowest BCUT2D eigenvalue weighted by Gasteiger charge is -2.61. The van der Waals surface area contributed by atoms with Crippen molar-refractivity contribution in [2.75, 3.05) is 13.7 Å². The third-order valence-corrected chi connectivity index (χ3v) is 9.45. The maximum Gasteiger partial charge on any atom is 0.238 e. The van der Waals surface area contributed by atoms with E-state index < -0.39 is 10.0 Å². The van der Waals surface area contributed by atoms with Crippen LogP contribution in [0.5, 0.6) is 0 Å². The quantitative estimate of drug-likeness (QED) is 0.792. The van der Waals surface area contributed by atoms with E-state index in [0.717, 1.165) is 49.7 Å². The summed E-state index contributed by atoms with van der Waals surface area (Å²) >= 11 is 0. The number of nitrogens with two attached hydrogens (primary N) is 1. The average molecular weight is 435 g/mol. The van der Waals surface area contributed by atoms with Crippen LogP contribution in [0, 0.1) is 11.3 Å². The first-order chi connectivity index (χ1) is 14.0. The molecule has 1 aliphatic heterocycles. The number of amides is 1. The van der Waals surface area contributed by atoms with Crippen molar-refractivity contribution in [1.82, 2.24) is 4.90 Å². The summed E-state index contributed by atoms with van der Waals surface area (Å²) in [5.41, 5.74) is 1.82. The molecule has 30 heavy (non-hydrogen) atoms. The molecule has 1 saturated carbocycles. The van der Waals surface area contributed by atoms with Gasteiger partial charge in [-0.15, -0.1) is 0 Å². The van der Waals surface area contributed by atoms with Gasteiger partial charge in [0.25, 0.3) is 0 Å². The second-order valence-electron chi connectivity index (χ2n) is 10.1. The minimum absolute atomic E-state index is 0.0858. The number of likely N-dealkylation sites (tertiary alicyclic amines) is 1. The number of fused-ring (bicyclic) bond motifs is 4. The van der Waals surface area contributed by atoms with Crippen molar-refractivity contribution in [3.8, 4) is 0 Å². The van der Waals surface area contributed by atoms with Gasteiger partial charge in [-0.2, -0.15) is 0 Å². The van der Waals surface area contributed by atoms with E-state index in [9.17, 15) is 13.2 Å². The molecule has 3 aliphatic rings. The number of carbonyl (C=O) groups is 1. The second kappa shape index (κ2) is 7.31. The van der Waals surface area contributed by atoms with Crippen molar-refractivity contribution < 1.29 is 17.9 Å². The van der Waals surface area contributed by atoms with Crippen LogP contribution >= 0.6 is 0 Å². The average Bonchev–Trinajstić information content (AvgIpc) is 2.69. The number of nitrogens with zero attached hydrogens (tertiary/aromatic N) is 1. The molecule has 7 heteroatoms. The van der Waals surface area contributed by atoms with Gasteiger partial charge in [0, 0.05) is 31.0 Å². The number of carbonyl (C=O) groups excluding carboxylic acids is 1. The van der Waals surface area contributed by atoms with Gasteiger partial charge in [-0.05, 0) is 67.2 Å². The number of sulfonamides is 1. The minimum Gasteiger partial charge on any atom is -0.381 e. The van der Waals surface area contributed by atoms with Crippen molar-refractivity contribution in [1.29, 1.82) is 0 Å². The van der Waals surface area contributed by atoms with E-state index in [-0.39, 0.29) is 39.7 Å². The molecular formula is C23H34N2O4S. The summed E-state index contributed by atoms with van der Waals surface area (Å²) in [6.45, 7) is 7.39. The van der Waals surface area contributed by atoms with Gasteiger partial charge in [0.2, 0.25) is 15.9 Å². The van der Waals surface area contributed by atoms with Gasteiger partial charge in [0.05, 0.1) is 11.0 Å². The molecule has 2 fully saturated rings. The molecule has 2 aliphatic carbocycles. The van der Waals surface area contributed by atoms with Crippen LogP contribution in [-0.2, 0) is 31.4 Å². The van der Waals surface area contributed by atoms with Crippen LogP contribution in [0.1, 0.15) is 64.0 Å². The Bertz CT molecular complexity index is 950. The Morgan fingerprint density at radius 1 is 1.17 bits per heavy atom. The molecule has 2 atom stereocenters. The van der Waals surface area contributed by atoms with Crippen LogP contribution < -0.4 is 5.14 Å². The van der Waals surface area contributed by atoms with Crippen molar-refractivity contribution in [3.63, 3.8) is 0 Å². The van der Waals surface area contributed by atoms with Crippen LogP contribution in [0.25, 0.3) is 0 Å². The van der Waals surface area contributed by atoms with Crippen molar-refractivity contribution in [2.45, 2.75) is 81.8 Å². The fourth-order valence-corrected chi connectivity index (χ4v) is 6.64. The predicted molar refractivity (Wildman–Crippen MR) is 116 cm³/mol. The van der Waals surface area contributed by atoms with Crippen LogP contribution in [0.2, 0.25) is 0 Å². The highest BCUT2D eigenvalue weighted by Gasteiger charge is 2.57. The van der Waals surface area contributed by atoms with E-state index in [0.29, 0.717) is 6.54 Å². The monoisotopic (exact) mass is 434 g/mol. The van der Waals surface area contributed by atoms with Crippen molar-refractivity contribution >= 4 is 15.9 Å². The van der Waals surface area contributed by atoms with Gasteiger partial charge in [0.1, 0.15) is 0 Å². The van der Waals surface area contributed by atoms with Gasteiger partial charge in [-0.3, -0.25) is 4.79 Å². The number of methoxy groups -OCH3 is 1. The zero-order valence-electron chi connectivity index (χ0n) is 18.5. The number of ether oxygens (including phenoxy) is 1. The molecule has 1 aromatic carbocycles. The van der Waals surface area contributed by atoms with Gasteiger partial charge in [0.15, 0.2) is 0 Å². The Morgan fingerprint density at radius 2 is 1.83 bits per heavy atom. The smallest absolute Gasteiger partial charge is 0.238 e. The number of piperidine rings is 1. The van der Waals surface area contributed by atoms with E-state index in [4.69, 9.17) is 9.88 Å². The SMILES string of the molecule is COC1CCC(C(=O)N2CC[C@@]3(C)c4cc(S(N)(=O)=O)ccc4C[C@H]2C3(C)C)CC1. The number of rotatable bonds is 3. The van der Waals surface area contributed by atoms with Gasteiger partial charge in [-0.1, -0.05) is 26.8 Å². The molecule has 166 valence electrons. The molecule has 1 aromatic rings. The topological polar surface area (TPSA) is 89.7 Å². The molecule has 4 rings (SSSR count). The molecule has 2 N–H and O–H groups in total. The molecule has 0 radical (unpaired) electrons. The van der Waals surface area contributed by atoms with E-state index >= 15 is 0 Å². The summed E-state index contributed by atoms with van der Waals surface area (Å²) < 4.78 is 29.3. The lowest BCUT2D eigenvalue weighted by atomic mass is 9.51. The predicted octanol–water partition coefficient (Wildman–Crippen LogP) is 2.98. The Kier molecular flexibility index (Phi) is 5.31. The van der Waals surface area contributed by atoms with E-state index in [1.807, 2.05) is 6.07 Å². The highest BCUT2D eigenvalue weighted by Crippen LogP contribution is 2.56. The Balaban J connectivity index is 1.66. The fourth-order valence-electron chi connectivity index (χ4n) is 6.10. The molecule has 1 saturated heterocycles. The summed E-state index contributed by atoms with van der Waals surface area (Å²) in [4.78, 5) is 15.8. The van der Waals surface area contributed by atoms with Crippen molar-refractivity contribution in [3.05, 3.63) is 29.3 Å². The number of benzene rings is 1. The molecule has 6 nitrogen and oxygen atoms in total. The lowest BCUT2D eigenvalue weighted by Crippen LogP contribution is -2.65. The zero-order chi connectivity index (χ0) is 21.9. The minimum atomic E-state index is -3.75. The molecule has 0 spiro atoms. The maximum absolute atomic E-state index is 13.5. The van der Waals surface area contributed by atoms with E-state index in [2.05, 4.69) is 25.7 Å².